The number of hydrogen-bond acceptors (Lipinski definition) is 4. The number of hydrogen-bond donors (Lipinski definition) is 2. The molecule has 0 radical (unpaired) electrons. The average Bonchev–Trinajstić information content (AvgIpc) is 2.73. The van der Waals surface area contributed by atoms with Crippen molar-refractivity contribution in [3.63, 3.8) is 0 Å². The number of rotatable bonds is 7. The van der Waals surface area contributed by atoms with Crippen molar-refractivity contribution >= 4 is 11.6 Å². The molecule has 142 valence electrons. The van der Waals surface area contributed by atoms with Gasteiger partial charge in [0.2, 0.25) is 0 Å². The standard InChI is InChI=1S/C22H27N3O2/c26-22(19-10-5-2-6-11-19)23-20-13-16-25(17-14-20)15-7-12-21(24-27)18-8-3-1-4-9-18/h1-6,8-11,20,27H,7,12-17H2,(H,23,26)/b24-21+. The second kappa shape index (κ2) is 9.88. The van der Waals surface area contributed by atoms with Crippen molar-refractivity contribution in [3.8, 4) is 0 Å². The first-order valence-corrected chi connectivity index (χ1v) is 9.61. The molecular formula is C22H27N3O2. The predicted octanol–water partition coefficient (Wildman–Crippen LogP) is 3.54. The second-order valence-corrected chi connectivity index (χ2v) is 6.97. The summed E-state index contributed by atoms with van der Waals surface area (Å²) < 4.78 is 0. The summed E-state index contributed by atoms with van der Waals surface area (Å²) in [7, 11) is 0. The maximum Gasteiger partial charge on any atom is 0.251 e. The molecule has 1 heterocycles. The topological polar surface area (TPSA) is 64.9 Å². The number of oxime groups is 1. The van der Waals surface area contributed by atoms with Gasteiger partial charge in [-0.25, -0.2) is 0 Å². The van der Waals surface area contributed by atoms with Crippen LogP contribution in [0.2, 0.25) is 0 Å². The van der Waals surface area contributed by atoms with Crippen molar-refractivity contribution < 1.29 is 10.0 Å². The Kier molecular flexibility index (Phi) is 6.99. The maximum absolute atomic E-state index is 12.2. The molecule has 1 amide bonds. The third kappa shape index (κ3) is 5.66. The summed E-state index contributed by atoms with van der Waals surface area (Å²) in [6.07, 6.45) is 3.65. The molecule has 0 spiro atoms. The molecule has 2 aromatic rings. The zero-order valence-corrected chi connectivity index (χ0v) is 15.6. The number of nitrogens with zero attached hydrogens (tertiary/aromatic N) is 2. The van der Waals surface area contributed by atoms with E-state index in [2.05, 4.69) is 15.4 Å². The van der Waals surface area contributed by atoms with Crippen LogP contribution in [0.15, 0.2) is 65.8 Å². The highest BCUT2D eigenvalue weighted by molar-refractivity contribution is 6.00. The van der Waals surface area contributed by atoms with E-state index in [4.69, 9.17) is 0 Å². The van der Waals surface area contributed by atoms with Gasteiger partial charge in [0.15, 0.2) is 0 Å². The van der Waals surface area contributed by atoms with E-state index >= 15 is 0 Å². The molecule has 2 N–H and O–H groups in total. The SMILES string of the molecule is O=C(NC1CCN(CCC/C(=N\O)c2ccccc2)CC1)c1ccccc1. The minimum Gasteiger partial charge on any atom is -0.411 e. The Bertz CT molecular complexity index is 739. The summed E-state index contributed by atoms with van der Waals surface area (Å²) in [5, 5.41) is 15.9. The molecule has 1 aliphatic heterocycles. The van der Waals surface area contributed by atoms with Gasteiger partial charge in [-0.15, -0.1) is 0 Å². The van der Waals surface area contributed by atoms with Gasteiger partial charge < -0.3 is 15.4 Å². The Balaban J connectivity index is 1.38. The largest absolute Gasteiger partial charge is 0.411 e. The molecule has 1 fully saturated rings. The second-order valence-electron chi connectivity index (χ2n) is 6.97. The first-order valence-electron chi connectivity index (χ1n) is 9.61. The normalized spacial score (nSPS) is 16.2. The summed E-state index contributed by atoms with van der Waals surface area (Å²) in [5.74, 6) is 0.0145. The first-order chi connectivity index (χ1) is 13.3. The number of carbonyl (C=O) groups is 1. The maximum atomic E-state index is 12.2. The summed E-state index contributed by atoms with van der Waals surface area (Å²) in [4.78, 5) is 14.7. The van der Waals surface area contributed by atoms with Crippen molar-refractivity contribution in [2.24, 2.45) is 5.16 Å². The van der Waals surface area contributed by atoms with E-state index in [0.29, 0.717) is 0 Å². The van der Waals surface area contributed by atoms with Gasteiger partial charge in [0.25, 0.3) is 5.91 Å². The fourth-order valence-electron chi connectivity index (χ4n) is 3.51. The molecule has 1 saturated heterocycles. The van der Waals surface area contributed by atoms with Crippen LogP contribution in [0.25, 0.3) is 0 Å². The quantitative estimate of drug-likeness (QED) is 0.448. The smallest absolute Gasteiger partial charge is 0.251 e. The van der Waals surface area contributed by atoms with Crippen LogP contribution in [-0.4, -0.2) is 47.4 Å². The molecule has 0 atom stereocenters. The van der Waals surface area contributed by atoms with Gasteiger partial charge in [-0.3, -0.25) is 4.79 Å². The predicted molar refractivity (Wildman–Crippen MR) is 107 cm³/mol. The van der Waals surface area contributed by atoms with Crippen molar-refractivity contribution in [2.75, 3.05) is 19.6 Å². The molecule has 5 heteroatoms. The number of benzene rings is 2. The minimum atomic E-state index is 0.0145. The van der Waals surface area contributed by atoms with Crippen LogP contribution in [0.3, 0.4) is 0 Å². The lowest BCUT2D eigenvalue weighted by atomic mass is 10.0. The van der Waals surface area contributed by atoms with E-state index in [1.165, 1.54) is 0 Å². The molecule has 0 saturated carbocycles. The van der Waals surface area contributed by atoms with Gasteiger partial charge in [0.05, 0.1) is 5.71 Å². The zero-order valence-electron chi connectivity index (χ0n) is 15.6. The van der Waals surface area contributed by atoms with Gasteiger partial charge >= 0.3 is 0 Å². The highest BCUT2D eigenvalue weighted by Crippen LogP contribution is 2.13. The van der Waals surface area contributed by atoms with Crippen molar-refractivity contribution in [2.45, 2.75) is 31.7 Å². The Morgan fingerprint density at radius 1 is 1.00 bits per heavy atom. The summed E-state index contributed by atoms with van der Waals surface area (Å²) in [6, 6.07) is 19.4. The van der Waals surface area contributed by atoms with E-state index in [1.54, 1.807) is 0 Å². The molecule has 2 aromatic carbocycles. The molecule has 5 nitrogen and oxygen atoms in total. The zero-order chi connectivity index (χ0) is 18.9. The highest BCUT2D eigenvalue weighted by atomic mass is 16.4. The lowest BCUT2D eigenvalue weighted by molar-refractivity contribution is 0.0911. The van der Waals surface area contributed by atoms with Gasteiger partial charge in [0.1, 0.15) is 0 Å². The molecule has 0 bridgehead atoms. The van der Waals surface area contributed by atoms with Crippen molar-refractivity contribution in [1.82, 2.24) is 10.2 Å². The molecule has 27 heavy (non-hydrogen) atoms. The lowest BCUT2D eigenvalue weighted by Gasteiger charge is -2.32. The number of amides is 1. The van der Waals surface area contributed by atoms with E-state index in [0.717, 1.165) is 62.2 Å². The molecule has 1 aliphatic rings. The van der Waals surface area contributed by atoms with Gasteiger partial charge in [-0.1, -0.05) is 53.7 Å². The summed E-state index contributed by atoms with van der Waals surface area (Å²) in [6.45, 7) is 2.94. The Hall–Kier alpha value is -2.66. The van der Waals surface area contributed by atoms with E-state index in [9.17, 15) is 10.0 Å². The minimum absolute atomic E-state index is 0.0145. The number of likely N-dealkylation sites (tertiary alicyclic amines) is 1. The van der Waals surface area contributed by atoms with Gasteiger partial charge in [-0.05, 0) is 49.9 Å². The Labute approximate surface area is 160 Å². The van der Waals surface area contributed by atoms with Crippen LogP contribution >= 0.6 is 0 Å². The monoisotopic (exact) mass is 365 g/mol. The lowest BCUT2D eigenvalue weighted by Crippen LogP contribution is -2.44. The molecular weight excluding hydrogens is 338 g/mol. The van der Waals surface area contributed by atoms with Crippen LogP contribution in [0.5, 0.6) is 0 Å². The van der Waals surface area contributed by atoms with E-state index in [-0.39, 0.29) is 11.9 Å². The Morgan fingerprint density at radius 3 is 2.19 bits per heavy atom. The third-order valence-electron chi connectivity index (χ3n) is 5.07. The highest BCUT2D eigenvalue weighted by Gasteiger charge is 2.21. The van der Waals surface area contributed by atoms with E-state index in [1.807, 2.05) is 60.7 Å². The first kappa shape index (κ1) is 19.1. The molecule has 0 aliphatic carbocycles. The number of nitrogens with one attached hydrogen (secondary N) is 1. The van der Waals surface area contributed by atoms with Crippen LogP contribution in [0, 0.1) is 0 Å². The van der Waals surface area contributed by atoms with Crippen LogP contribution in [-0.2, 0) is 0 Å². The fraction of sp³-hybridized carbons (Fsp3) is 0.364. The number of carbonyl (C=O) groups excluding carboxylic acids is 1. The third-order valence-corrected chi connectivity index (χ3v) is 5.07. The van der Waals surface area contributed by atoms with E-state index < -0.39 is 0 Å². The molecule has 0 unspecified atom stereocenters. The van der Waals surface area contributed by atoms with Crippen LogP contribution in [0.4, 0.5) is 0 Å². The molecule has 0 aromatic heterocycles. The number of piperidine rings is 1. The average molecular weight is 365 g/mol. The van der Waals surface area contributed by atoms with Gasteiger partial charge in [0, 0.05) is 24.7 Å². The molecule has 3 rings (SSSR count). The summed E-state index contributed by atoms with van der Waals surface area (Å²) >= 11 is 0. The van der Waals surface area contributed by atoms with Crippen molar-refractivity contribution in [3.05, 3.63) is 71.8 Å². The van der Waals surface area contributed by atoms with Crippen LogP contribution < -0.4 is 5.32 Å². The van der Waals surface area contributed by atoms with Crippen molar-refractivity contribution in [1.29, 1.82) is 0 Å². The fourth-order valence-corrected chi connectivity index (χ4v) is 3.51. The summed E-state index contributed by atoms with van der Waals surface area (Å²) in [5.41, 5.74) is 2.43. The Morgan fingerprint density at radius 2 is 1.59 bits per heavy atom. The van der Waals surface area contributed by atoms with Gasteiger partial charge in [-0.2, -0.15) is 0 Å². The van der Waals surface area contributed by atoms with Crippen LogP contribution in [0.1, 0.15) is 41.6 Å².